The van der Waals surface area contributed by atoms with E-state index in [0.29, 0.717) is 5.02 Å². The van der Waals surface area contributed by atoms with Gasteiger partial charge < -0.3 is 4.57 Å². The number of carbonyl (C=O) groups is 1. The lowest BCUT2D eigenvalue weighted by molar-refractivity contribution is -0.120. The normalized spacial score (nSPS) is 12.3. The molecule has 0 fully saturated rings. The highest BCUT2D eigenvalue weighted by atomic mass is 35.5. The van der Waals surface area contributed by atoms with Gasteiger partial charge >= 0.3 is 0 Å². The van der Waals surface area contributed by atoms with Gasteiger partial charge in [0.25, 0.3) is 5.91 Å². The first-order valence-corrected chi connectivity index (χ1v) is 11.0. The van der Waals surface area contributed by atoms with Crippen molar-refractivity contribution >= 4 is 35.5 Å². The molecule has 1 amide bonds. The highest BCUT2D eigenvalue weighted by Gasteiger charge is 2.14. The molecule has 0 aliphatic heterocycles. The minimum absolute atomic E-state index is 0.144. The van der Waals surface area contributed by atoms with Crippen LogP contribution in [0.2, 0.25) is 5.02 Å². The minimum atomic E-state index is -0.272. The zero-order valence-corrected chi connectivity index (χ0v) is 19.4. The van der Waals surface area contributed by atoms with Gasteiger partial charge in [0, 0.05) is 32.6 Å². The summed E-state index contributed by atoms with van der Waals surface area (Å²) in [4.78, 5) is 13.4. The molecule has 0 saturated heterocycles. The molecule has 0 aliphatic rings. The average molecular weight is 440 g/mol. The van der Waals surface area contributed by atoms with Crippen LogP contribution < -0.4 is 5.43 Å². The van der Waals surface area contributed by atoms with E-state index in [-0.39, 0.29) is 11.2 Å². The second-order valence-corrected chi connectivity index (χ2v) is 9.23. The number of amides is 1. The summed E-state index contributed by atoms with van der Waals surface area (Å²) in [5.41, 5.74) is 9.49. The summed E-state index contributed by atoms with van der Waals surface area (Å²) in [6.45, 7) is 10.2. The zero-order valence-electron chi connectivity index (χ0n) is 17.9. The monoisotopic (exact) mass is 439 g/mol. The topological polar surface area (TPSA) is 46.4 Å². The van der Waals surface area contributed by atoms with Crippen molar-refractivity contribution < 1.29 is 4.79 Å². The van der Waals surface area contributed by atoms with Crippen LogP contribution in [0.3, 0.4) is 0 Å². The largest absolute Gasteiger partial charge is 0.318 e. The van der Waals surface area contributed by atoms with Crippen molar-refractivity contribution in [2.45, 2.75) is 44.8 Å². The van der Waals surface area contributed by atoms with Crippen molar-refractivity contribution in [1.29, 1.82) is 0 Å². The first kappa shape index (κ1) is 22.2. The summed E-state index contributed by atoms with van der Waals surface area (Å²) in [6.07, 6.45) is 1.71. The number of nitrogens with one attached hydrogen (secondary N) is 1. The molecule has 1 heterocycles. The first-order valence-electron chi connectivity index (χ1n) is 9.78. The van der Waals surface area contributed by atoms with E-state index in [2.05, 4.69) is 67.1 Å². The number of aromatic nitrogens is 1. The van der Waals surface area contributed by atoms with Gasteiger partial charge in [-0.05, 0) is 88.2 Å². The Morgan fingerprint density at radius 2 is 1.77 bits per heavy atom. The maximum atomic E-state index is 12.4. The van der Waals surface area contributed by atoms with Gasteiger partial charge in [0.15, 0.2) is 0 Å². The summed E-state index contributed by atoms with van der Waals surface area (Å²) in [5, 5.41) is 4.59. The Balaban J connectivity index is 1.68. The lowest BCUT2D eigenvalue weighted by atomic mass is 10.1. The van der Waals surface area contributed by atoms with Crippen LogP contribution in [-0.2, 0) is 4.79 Å². The minimum Gasteiger partial charge on any atom is -0.318 e. The molecule has 0 radical (unpaired) electrons. The van der Waals surface area contributed by atoms with Gasteiger partial charge in [0.2, 0.25) is 0 Å². The summed E-state index contributed by atoms with van der Waals surface area (Å²) in [7, 11) is 0. The Kier molecular flexibility index (Phi) is 7.06. The maximum Gasteiger partial charge on any atom is 0.253 e. The number of hydrazone groups is 1. The SMILES string of the molecule is Cc1ccc(-n2c(C)cc(/C=N\NC(=O)[C@@H](C)Sc3ccc(Cl)cc3)c2C)cc1C. The molecular weight excluding hydrogens is 414 g/mol. The molecule has 0 spiro atoms. The van der Waals surface area contributed by atoms with Crippen molar-refractivity contribution in [2.75, 3.05) is 0 Å². The lowest BCUT2D eigenvalue weighted by Crippen LogP contribution is -2.26. The Labute approximate surface area is 187 Å². The van der Waals surface area contributed by atoms with Crippen molar-refractivity contribution in [3.63, 3.8) is 0 Å². The van der Waals surface area contributed by atoms with E-state index >= 15 is 0 Å². The standard InChI is InChI=1S/C24H26ClN3OS/c1-15-6-9-22(12-16(15)2)28-17(3)13-20(18(28)4)14-26-27-24(29)19(5)30-23-10-7-21(25)8-11-23/h6-14,19H,1-5H3,(H,27,29)/b26-14-/t19-/m1/s1. The molecule has 1 atom stereocenters. The second-order valence-electron chi connectivity index (χ2n) is 7.38. The van der Waals surface area contributed by atoms with Gasteiger partial charge in [0.05, 0.1) is 11.5 Å². The number of aryl methyl sites for hydroxylation is 3. The van der Waals surface area contributed by atoms with Crippen molar-refractivity contribution in [1.82, 2.24) is 9.99 Å². The predicted octanol–water partition coefficient (Wildman–Crippen LogP) is 6.00. The van der Waals surface area contributed by atoms with Gasteiger partial charge in [0.1, 0.15) is 0 Å². The maximum absolute atomic E-state index is 12.4. The second kappa shape index (κ2) is 9.54. The van der Waals surface area contributed by atoms with E-state index in [1.165, 1.54) is 22.9 Å². The van der Waals surface area contributed by atoms with Gasteiger partial charge in [-0.1, -0.05) is 17.7 Å². The average Bonchev–Trinajstić information content (AvgIpc) is 2.99. The molecule has 3 rings (SSSR count). The molecule has 1 aromatic heterocycles. The smallest absolute Gasteiger partial charge is 0.253 e. The molecular formula is C24H26ClN3OS. The van der Waals surface area contributed by atoms with Crippen LogP contribution in [0.15, 0.2) is 58.5 Å². The molecule has 0 unspecified atom stereocenters. The number of benzene rings is 2. The van der Waals surface area contributed by atoms with Gasteiger partial charge in [-0.25, -0.2) is 5.43 Å². The summed E-state index contributed by atoms with van der Waals surface area (Å²) < 4.78 is 2.20. The van der Waals surface area contributed by atoms with E-state index in [1.54, 1.807) is 6.21 Å². The molecule has 1 N–H and O–H groups in total. The molecule has 0 aliphatic carbocycles. The zero-order chi connectivity index (χ0) is 21.8. The third-order valence-electron chi connectivity index (χ3n) is 5.09. The van der Waals surface area contributed by atoms with E-state index in [1.807, 2.05) is 31.2 Å². The Bertz CT molecular complexity index is 1090. The Morgan fingerprint density at radius 1 is 1.07 bits per heavy atom. The van der Waals surface area contributed by atoms with Gasteiger partial charge in [-0.2, -0.15) is 5.10 Å². The number of thioether (sulfide) groups is 1. The number of hydrogen-bond donors (Lipinski definition) is 1. The summed E-state index contributed by atoms with van der Waals surface area (Å²) in [5.74, 6) is -0.144. The van der Waals surface area contributed by atoms with Crippen LogP contribution in [-0.4, -0.2) is 21.9 Å². The molecule has 2 aromatic carbocycles. The summed E-state index contributed by atoms with van der Waals surface area (Å²) >= 11 is 7.37. The molecule has 30 heavy (non-hydrogen) atoms. The highest BCUT2D eigenvalue weighted by Crippen LogP contribution is 2.25. The van der Waals surface area contributed by atoms with Crippen molar-refractivity contribution in [3.05, 3.63) is 81.6 Å². The molecule has 0 saturated carbocycles. The van der Waals surface area contributed by atoms with Crippen LogP contribution in [0.5, 0.6) is 0 Å². The van der Waals surface area contributed by atoms with Gasteiger partial charge in [-0.3, -0.25) is 4.79 Å². The summed E-state index contributed by atoms with van der Waals surface area (Å²) in [6, 6.07) is 16.0. The van der Waals surface area contributed by atoms with Crippen LogP contribution in [0.4, 0.5) is 0 Å². The highest BCUT2D eigenvalue weighted by molar-refractivity contribution is 8.00. The number of halogens is 1. The first-order chi connectivity index (χ1) is 14.3. The Morgan fingerprint density at radius 3 is 2.43 bits per heavy atom. The van der Waals surface area contributed by atoms with E-state index in [4.69, 9.17) is 11.6 Å². The fourth-order valence-corrected chi connectivity index (χ4v) is 4.19. The van der Waals surface area contributed by atoms with Crippen LogP contribution in [0.1, 0.15) is 35.0 Å². The van der Waals surface area contributed by atoms with Crippen LogP contribution >= 0.6 is 23.4 Å². The van der Waals surface area contributed by atoms with Gasteiger partial charge in [-0.15, -0.1) is 11.8 Å². The quantitative estimate of drug-likeness (QED) is 0.291. The number of carbonyl (C=O) groups excluding carboxylic acids is 1. The molecule has 156 valence electrons. The number of hydrogen-bond acceptors (Lipinski definition) is 3. The molecule has 3 aromatic rings. The Hall–Kier alpha value is -2.50. The van der Waals surface area contributed by atoms with Crippen molar-refractivity contribution in [3.8, 4) is 5.69 Å². The number of nitrogens with zero attached hydrogens (tertiary/aromatic N) is 2. The molecule has 6 heteroatoms. The molecule has 0 bridgehead atoms. The van der Waals surface area contributed by atoms with E-state index < -0.39 is 0 Å². The van der Waals surface area contributed by atoms with Crippen molar-refractivity contribution in [2.24, 2.45) is 5.10 Å². The van der Waals surface area contributed by atoms with E-state index in [9.17, 15) is 4.79 Å². The fourth-order valence-electron chi connectivity index (χ4n) is 3.21. The third-order valence-corrected chi connectivity index (χ3v) is 6.46. The number of rotatable bonds is 6. The van der Waals surface area contributed by atoms with Crippen LogP contribution in [0, 0.1) is 27.7 Å². The molecule has 4 nitrogen and oxygen atoms in total. The fraction of sp³-hybridized carbons (Fsp3) is 0.250. The third kappa shape index (κ3) is 5.15. The predicted molar refractivity (Wildman–Crippen MR) is 127 cm³/mol. The van der Waals surface area contributed by atoms with E-state index in [0.717, 1.165) is 27.5 Å². The lowest BCUT2D eigenvalue weighted by Gasteiger charge is -2.11. The van der Waals surface area contributed by atoms with Crippen LogP contribution in [0.25, 0.3) is 5.69 Å².